The number of aliphatic carboxylic acids is 1. The van der Waals surface area contributed by atoms with Crippen LogP contribution in [0.4, 0.5) is 0 Å². The number of nitrogens with one attached hydrogen (secondary N) is 1. The second-order valence-corrected chi connectivity index (χ2v) is 9.39. The van der Waals surface area contributed by atoms with Gasteiger partial charge in [-0.1, -0.05) is 34.1 Å². The first kappa shape index (κ1) is 32.6. The molecular formula is C23H47Cl2N3O3. The predicted octanol–water partition coefficient (Wildman–Crippen LogP) is 4.45. The van der Waals surface area contributed by atoms with E-state index in [-0.39, 0.29) is 37.1 Å². The number of likely N-dealkylation sites (tertiary alicyclic amines) is 1. The van der Waals surface area contributed by atoms with Crippen LogP contribution in [0.5, 0.6) is 0 Å². The SMILES string of the molecule is CC(C)CCN(CCC(C)C)C(=O)C(CCC(=O)O)NCCCN1CCCCC1.Cl.Cl. The van der Waals surface area contributed by atoms with Crippen LogP contribution in [-0.2, 0) is 9.59 Å². The van der Waals surface area contributed by atoms with Gasteiger partial charge in [-0.25, -0.2) is 0 Å². The molecule has 0 aromatic heterocycles. The second-order valence-electron chi connectivity index (χ2n) is 9.39. The standard InChI is InChI=1S/C23H45N3O3.2ClH/c1-19(2)11-17-26(18-12-20(3)4)23(29)21(9-10-22(27)28)24-13-8-16-25-14-6-5-7-15-25;;/h19-21,24H,5-18H2,1-4H3,(H,27,28);2*1H. The third-order valence-electron chi connectivity index (χ3n) is 5.70. The smallest absolute Gasteiger partial charge is 0.303 e. The molecule has 186 valence electrons. The van der Waals surface area contributed by atoms with Gasteiger partial charge >= 0.3 is 5.97 Å². The maximum Gasteiger partial charge on any atom is 0.303 e. The van der Waals surface area contributed by atoms with Crippen LogP contribution in [0.15, 0.2) is 0 Å². The third-order valence-corrected chi connectivity index (χ3v) is 5.70. The van der Waals surface area contributed by atoms with Crippen LogP contribution in [0.25, 0.3) is 0 Å². The van der Waals surface area contributed by atoms with Crippen molar-refractivity contribution in [1.82, 2.24) is 15.1 Å². The molecule has 0 aliphatic carbocycles. The number of amides is 1. The number of hydrogen-bond acceptors (Lipinski definition) is 4. The Morgan fingerprint density at radius 2 is 1.48 bits per heavy atom. The molecule has 0 aromatic carbocycles. The molecule has 1 rings (SSSR count). The summed E-state index contributed by atoms with van der Waals surface area (Å²) >= 11 is 0. The topological polar surface area (TPSA) is 72.9 Å². The van der Waals surface area contributed by atoms with Gasteiger partial charge in [0, 0.05) is 19.5 Å². The number of hydrogen-bond donors (Lipinski definition) is 2. The van der Waals surface area contributed by atoms with Crippen molar-refractivity contribution in [1.29, 1.82) is 0 Å². The van der Waals surface area contributed by atoms with Crippen LogP contribution in [0.3, 0.4) is 0 Å². The summed E-state index contributed by atoms with van der Waals surface area (Å²) in [6.07, 6.45) is 7.24. The van der Waals surface area contributed by atoms with Gasteiger partial charge in [0.05, 0.1) is 6.04 Å². The van der Waals surface area contributed by atoms with E-state index in [9.17, 15) is 9.59 Å². The van der Waals surface area contributed by atoms with Crippen LogP contribution in [-0.4, -0.2) is 72.1 Å². The molecule has 1 unspecified atom stereocenters. The molecule has 0 radical (unpaired) electrons. The monoisotopic (exact) mass is 483 g/mol. The Balaban J connectivity index is 0. The first-order chi connectivity index (χ1) is 13.8. The number of carboxylic acid groups (broad SMARTS) is 1. The Hall–Kier alpha value is -0.560. The first-order valence-corrected chi connectivity index (χ1v) is 11.8. The molecule has 0 spiro atoms. The highest BCUT2D eigenvalue weighted by Gasteiger charge is 2.25. The fraction of sp³-hybridized carbons (Fsp3) is 0.913. The maximum atomic E-state index is 13.2. The molecule has 1 aliphatic heterocycles. The molecule has 0 bridgehead atoms. The van der Waals surface area contributed by atoms with Crippen LogP contribution in [0.2, 0.25) is 0 Å². The predicted molar refractivity (Wildman–Crippen MR) is 134 cm³/mol. The fourth-order valence-corrected chi connectivity index (χ4v) is 3.72. The molecule has 1 atom stereocenters. The lowest BCUT2D eigenvalue weighted by Crippen LogP contribution is -2.48. The largest absolute Gasteiger partial charge is 0.481 e. The summed E-state index contributed by atoms with van der Waals surface area (Å²) in [5.74, 6) is 0.318. The molecule has 1 heterocycles. The zero-order valence-electron chi connectivity index (χ0n) is 20.1. The highest BCUT2D eigenvalue weighted by Crippen LogP contribution is 2.12. The van der Waals surface area contributed by atoms with Crippen molar-refractivity contribution >= 4 is 36.7 Å². The fourth-order valence-electron chi connectivity index (χ4n) is 3.72. The van der Waals surface area contributed by atoms with E-state index in [2.05, 4.69) is 37.9 Å². The van der Waals surface area contributed by atoms with Gasteiger partial charge in [0.25, 0.3) is 0 Å². The molecule has 1 amide bonds. The molecule has 2 N–H and O–H groups in total. The Labute approximate surface area is 202 Å². The Kier molecular flexibility index (Phi) is 19.9. The third kappa shape index (κ3) is 15.8. The molecule has 6 nitrogen and oxygen atoms in total. The van der Waals surface area contributed by atoms with Crippen molar-refractivity contribution < 1.29 is 14.7 Å². The minimum Gasteiger partial charge on any atom is -0.481 e. The zero-order valence-corrected chi connectivity index (χ0v) is 21.7. The van der Waals surface area contributed by atoms with Crippen molar-refractivity contribution in [2.24, 2.45) is 11.8 Å². The van der Waals surface area contributed by atoms with E-state index in [1.54, 1.807) is 0 Å². The van der Waals surface area contributed by atoms with Gasteiger partial charge < -0.3 is 20.2 Å². The maximum absolute atomic E-state index is 13.2. The lowest BCUT2D eigenvalue weighted by Gasteiger charge is -2.30. The van der Waals surface area contributed by atoms with Gasteiger partial charge in [-0.3, -0.25) is 9.59 Å². The van der Waals surface area contributed by atoms with Crippen molar-refractivity contribution in [3.63, 3.8) is 0 Å². The molecule has 1 aliphatic rings. The quantitative estimate of drug-likeness (QED) is 0.336. The van der Waals surface area contributed by atoms with Gasteiger partial charge in [0.1, 0.15) is 0 Å². The number of halogens is 2. The molecule has 8 heteroatoms. The summed E-state index contributed by atoms with van der Waals surface area (Å²) in [7, 11) is 0. The molecular weight excluding hydrogens is 437 g/mol. The van der Waals surface area contributed by atoms with Crippen LogP contribution in [0, 0.1) is 11.8 Å². The van der Waals surface area contributed by atoms with E-state index in [0.717, 1.165) is 45.4 Å². The summed E-state index contributed by atoms with van der Waals surface area (Å²) in [5.41, 5.74) is 0. The zero-order chi connectivity index (χ0) is 21.6. The lowest BCUT2D eigenvalue weighted by atomic mass is 10.1. The van der Waals surface area contributed by atoms with Crippen molar-refractivity contribution in [3.05, 3.63) is 0 Å². The van der Waals surface area contributed by atoms with Gasteiger partial charge in [0.2, 0.25) is 5.91 Å². The van der Waals surface area contributed by atoms with Crippen molar-refractivity contribution in [2.45, 2.75) is 85.1 Å². The van der Waals surface area contributed by atoms with E-state index in [0.29, 0.717) is 18.3 Å². The van der Waals surface area contributed by atoms with E-state index in [4.69, 9.17) is 5.11 Å². The number of carbonyl (C=O) groups excluding carboxylic acids is 1. The van der Waals surface area contributed by atoms with Crippen LogP contribution in [0.1, 0.15) is 79.1 Å². The number of carbonyl (C=O) groups is 2. The Morgan fingerprint density at radius 3 is 1.97 bits per heavy atom. The molecule has 0 saturated carbocycles. The Morgan fingerprint density at radius 1 is 0.935 bits per heavy atom. The van der Waals surface area contributed by atoms with Crippen LogP contribution < -0.4 is 5.32 Å². The Bertz CT molecular complexity index is 461. The summed E-state index contributed by atoms with van der Waals surface area (Å²) in [6.45, 7) is 14.4. The summed E-state index contributed by atoms with van der Waals surface area (Å²) < 4.78 is 0. The molecule has 31 heavy (non-hydrogen) atoms. The number of piperidine rings is 1. The van der Waals surface area contributed by atoms with E-state index >= 15 is 0 Å². The lowest BCUT2D eigenvalue weighted by molar-refractivity contribution is -0.138. The molecule has 1 saturated heterocycles. The number of carboxylic acids is 1. The average molecular weight is 485 g/mol. The van der Waals surface area contributed by atoms with E-state index in [1.165, 1.54) is 32.4 Å². The van der Waals surface area contributed by atoms with Gasteiger partial charge in [-0.2, -0.15) is 0 Å². The summed E-state index contributed by atoms with van der Waals surface area (Å²) in [4.78, 5) is 28.8. The number of nitrogens with zero attached hydrogens (tertiary/aromatic N) is 2. The second kappa shape index (κ2) is 19.0. The van der Waals surface area contributed by atoms with Crippen molar-refractivity contribution in [2.75, 3.05) is 39.3 Å². The van der Waals surface area contributed by atoms with E-state index < -0.39 is 12.0 Å². The van der Waals surface area contributed by atoms with Gasteiger partial charge in [0.15, 0.2) is 0 Å². The first-order valence-electron chi connectivity index (χ1n) is 11.8. The minimum atomic E-state index is -0.839. The summed E-state index contributed by atoms with van der Waals surface area (Å²) in [6, 6.07) is -0.396. The van der Waals surface area contributed by atoms with Gasteiger partial charge in [-0.15, -0.1) is 24.8 Å². The molecule has 1 fully saturated rings. The van der Waals surface area contributed by atoms with Gasteiger partial charge in [-0.05, 0) is 76.5 Å². The number of rotatable bonds is 15. The molecule has 0 aromatic rings. The summed E-state index contributed by atoms with van der Waals surface area (Å²) in [5, 5.41) is 12.5. The highest BCUT2D eigenvalue weighted by molar-refractivity contribution is 5.85. The normalized spacial score (nSPS) is 15.3. The highest BCUT2D eigenvalue weighted by atomic mass is 35.5. The average Bonchev–Trinajstić information content (AvgIpc) is 2.67. The van der Waals surface area contributed by atoms with E-state index in [1.807, 2.05) is 4.90 Å². The van der Waals surface area contributed by atoms with Crippen LogP contribution >= 0.6 is 24.8 Å². The minimum absolute atomic E-state index is 0. The van der Waals surface area contributed by atoms with Crippen molar-refractivity contribution in [3.8, 4) is 0 Å².